The molecule has 0 bridgehead atoms. The van der Waals surface area contributed by atoms with Gasteiger partial charge in [0.2, 0.25) is 0 Å². The maximum atomic E-state index is 6.14. The number of ether oxygens (including phenoxy) is 1. The first-order valence-corrected chi connectivity index (χ1v) is 8.30. The number of rotatable bonds is 4. The smallest absolute Gasteiger partial charge is 0.491 e. The fourth-order valence-corrected chi connectivity index (χ4v) is 4.00. The molecule has 1 unspecified atom stereocenters. The molecule has 3 aliphatic heterocycles. The molecule has 3 saturated heterocycles. The maximum absolute atomic E-state index is 6.14. The summed E-state index contributed by atoms with van der Waals surface area (Å²) in [6.07, 6.45) is 0.0466. The molecule has 22 heavy (non-hydrogen) atoms. The van der Waals surface area contributed by atoms with Gasteiger partial charge in [0, 0.05) is 0 Å². The average Bonchev–Trinajstić information content (AvgIpc) is 3.06. The first-order chi connectivity index (χ1) is 10.6. The summed E-state index contributed by atoms with van der Waals surface area (Å²) in [5.74, 6) is 1.44. The zero-order chi connectivity index (χ0) is 15.2. The largest absolute Gasteiger partial charge is 0.625 e. The monoisotopic (exact) mass is 305 g/mol. The van der Waals surface area contributed by atoms with Crippen molar-refractivity contribution in [3.63, 3.8) is 0 Å². The van der Waals surface area contributed by atoms with E-state index in [1.165, 1.54) is 5.56 Å². The SMILES string of the molecule is CC(C)c1ccc(OCC2C[N+]34CCO[B-]3(OCC4)O2)cc1. The highest BCUT2D eigenvalue weighted by Gasteiger charge is 2.66. The average molecular weight is 305 g/mol. The van der Waals surface area contributed by atoms with Gasteiger partial charge in [0.05, 0.1) is 32.8 Å². The second-order valence-corrected chi connectivity index (χ2v) is 6.99. The van der Waals surface area contributed by atoms with Crippen molar-refractivity contribution in [3.05, 3.63) is 29.8 Å². The van der Waals surface area contributed by atoms with E-state index in [-0.39, 0.29) is 6.10 Å². The van der Waals surface area contributed by atoms with Gasteiger partial charge in [-0.3, -0.25) is 0 Å². The van der Waals surface area contributed by atoms with E-state index in [0.29, 0.717) is 12.5 Å². The summed E-state index contributed by atoms with van der Waals surface area (Å²) in [4.78, 5) is 0. The molecule has 120 valence electrons. The van der Waals surface area contributed by atoms with Crippen molar-refractivity contribution >= 4 is 6.89 Å². The molecule has 3 heterocycles. The van der Waals surface area contributed by atoms with Crippen molar-refractivity contribution in [1.29, 1.82) is 0 Å². The van der Waals surface area contributed by atoms with Crippen molar-refractivity contribution in [3.8, 4) is 5.75 Å². The second-order valence-electron chi connectivity index (χ2n) is 6.99. The number of hydrogen-bond donors (Lipinski definition) is 0. The van der Waals surface area contributed by atoms with Crippen LogP contribution in [0.5, 0.6) is 5.75 Å². The highest BCUT2D eigenvalue weighted by atomic mass is 16.8. The molecule has 1 aromatic carbocycles. The molecule has 0 aliphatic carbocycles. The highest BCUT2D eigenvalue weighted by molar-refractivity contribution is 6.54. The lowest BCUT2D eigenvalue weighted by atomic mass is 9.94. The minimum Gasteiger partial charge on any atom is -0.491 e. The van der Waals surface area contributed by atoms with Crippen molar-refractivity contribution in [2.45, 2.75) is 25.9 Å². The molecule has 0 aromatic heterocycles. The molecule has 0 amide bonds. The van der Waals surface area contributed by atoms with Crippen LogP contribution in [0.25, 0.3) is 0 Å². The fraction of sp³-hybridized carbons (Fsp3) is 0.625. The summed E-state index contributed by atoms with van der Waals surface area (Å²) in [5, 5.41) is 0. The van der Waals surface area contributed by atoms with Crippen molar-refractivity contribution in [2.24, 2.45) is 0 Å². The summed E-state index contributed by atoms with van der Waals surface area (Å²) in [6.45, 7) is 7.79. The molecule has 0 spiro atoms. The van der Waals surface area contributed by atoms with E-state index in [0.717, 1.165) is 43.0 Å². The van der Waals surface area contributed by atoms with E-state index in [9.17, 15) is 0 Å². The van der Waals surface area contributed by atoms with Gasteiger partial charge in [-0.25, -0.2) is 0 Å². The van der Waals surface area contributed by atoms with Crippen molar-refractivity contribution < 1.29 is 23.1 Å². The second kappa shape index (κ2) is 5.23. The van der Waals surface area contributed by atoms with Crippen LogP contribution in [0.1, 0.15) is 25.3 Å². The quantitative estimate of drug-likeness (QED) is 0.796. The minimum absolute atomic E-state index is 0.0466. The Morgan fingerprint density at radius 2 is 1.86 bits per heavy atom. The van der Waals surface area contributed by atoms with Gasteiger partial charge in [0.15, 0.2) is 0 Å². The number of benzene rings is 1. The van der Waals surface area contributed by atoms with Crippen LogP contribution in [0.15, 0.2) is 24.3 Å². The Labute approximate surface area is 131 Å². The lowest BCUT2D eigenvalue weighted by molar-refractivity contribution is -0.816. The van der Waals surface area contributed by atoms with Crippen LogP contribution in [-0.2, 0) is 14.0 Å². The molecule has 3 fully saturated rings. The number of hydrogen-bond acceptors (Lipinski definition) is 4. The first-order valence-electron chi connectivity index (χ1n) is 8.30. The molecule has 0 radical (unpaired) electrons. The van der Waals surface area contributed by atoms with E-state index >= 15 is 0 Å². The highest BCUT2D eigenvalue weighted by Crippen LogP contribution is 2.41. The van der Waals surface area contributed by atoms with Gasteiger partial charge in [-0.1, -0.05) is 26.0 Å². The van der Waals surface area contributed by atoms with Crippen molar-refractivity contribution in [1.82, 2.24) is 0 Å². The minimum atomic E-state index is -1.56. The van der Waals surface area contributed by atoms with Gasteiger partial charge < -0.3 is 23.1 Å². The van der Waals surface area contributed by atoms with E-state index in [2.05, 4.69) is 26.0 Å². The molecule has 0 saturated carbocycles. The van der Waals surface area contributed by atoms with Crippen LogP contribution in [0.2, 0.25) is 0 Å². The third kappa shape index (κ3) is 2.17. The van der Waals surface area contributed by atoms with E-state index in [1.807, 2.05) is 12.1 Å². The summed E-state index contributed by atoms with van der Waals surface area (Å²) in [7, 11) is 0. The van der Waals surface area contributed by atoms with Gasteiger partial charge in [0.1, 0.15) is 18.5 Å². The first kappa shape index (κ1) is 14.5. The molecule has 4 rings (SSSR count). The Bertz CT molecular complexity index is 518. The Kier molecular flexibility index (Phi) is 3.45. The van der Waals surface area contributed by atoms with Crippen LogP contribution in [0.4, 0.5) is 0 Å². The fourth-order valence-electron chi connectivity index (χ4n) is 4.00. The van der Waals surface area contributed by atoms with Crippen LogP contribution in [0.3, 0.4) is 0 Å². The van der Waals surface area contributed by atoms with Gasteiger partial charge in [0.25, 0.3) is 0 Å². The van der Waals surface area contributed by atoms with E-state index in [1.54, 1.807) is 0 Å². The lowest BCUT2D eigenvalue weighted by Gasteiger charge is -2.37. The molecule has 6 heteroatoms. The Morgan fingerprint density at radius 3 is 2.45 bits per heavy atom. The van der Waals surface area contributed by atoms with Crippen LogP contribution >= 0.6 is 0 Å². The molecular formula is C16H24BNO4. The van der Waals surface area contributed by atoms with Crippen LogP contribution in [-0.4, -0.2) is 56.8 Å². The number of quaternary nitrogens is 1. The zero-order valence-corrected chi connectivity index (χ0v) is 13.4. The Balaban J connectivity index is 1.38. The molecule has 0 N–H and O–H groups in total. The summed E-state index contributed by atoms with van der Waals surface area (Å²) in [5.41, 5.74) is 1.33. The normalized spacial score (nSPS) is 36.6. The standard InChI is InChI=1S/C16H24BNO4/c1-13(2)14-3-5-15(6-4-14)19-12-16-11-18-7-9-20-17(18,22-16)21-10-8-18/h3-6,13,16H,7-12H2,1-2H3. The third-order valence-electron chi connectivity index (χ3n) is 5.32. The summed E-state index contributed by atoms with van der Waals surface area (Å²) >= 11 is 0. The van der Waals surface area contributed by atoms with Crippen LogP contribution in [0, 0.1) is 0 Å². The molecule has 1 aromatic rings. The zero-order valence-electron chi connectivity index (χ0n) is 13.4. The summed E-state index contributed by atoms with van der Waals surface area (Å²) < 4.78 is 24.6. The molecule has 1 atom stereocenters. The van der Waals surface area contributed by atoms with Gasteiger partial charge in [-0.2, -0.15) is 0 Å². The van der Waals surface area contributed by atoms with Crippen LogP contribution < -0.4 is 4.74 Å². The lowest BCUT2D eigenvalue weighted by Crippen LogP contribution is -2.59. The molecular weight excluding hydrogens is 281 g/mol. The van der Waals surface area contributed by atoms with Crippen molar-refractivity contribution in [2.75, 3.05) is 39.5 Å². The predicted molar refractivity (Wildman–Crippen MR) is 83.4 cm³/mol. The Morgan fingerprint density at radius 1 is 1.18 bits per heavy atom. The number of nitrogens with zero attached hydrogens (tertiary/aromatic N) is 1. The topological polar surface area (TPSA) is 36.9 Å². The third-order valence-corrected chi connectivity index (χ3v) is 5.32. The summed E-state index contributed by atoms with van der Waals surface area (Å²) in [6, 6.07) is 8.33. The molecule has 5 nitrogen and oxygen atoms in total. The predicted octanol–water partition coefficient (Wildman–Crippen LogP) is 1.90. The van der Waals surface area contributed by atoms with Gasteiger partial charge in [-0.05, 0) is 23.6 Å². The molecule has 3 aliphatic rings. The Hall–Kier alpha value is -1.08. The van der Waals surface area contributed by atoms with Gasteiger partial charge >= 0.3 is 6.89 Å². The van der Waals surface area contributed by atoms with E-state index in [4.69, 9.17) is 18.7 Å². The maximum Gasteiger partial charge on any atom is 0.625 e. The van der Waals surface area contributed by atoms with Gasteiger partial charge in [-0.15, -0.1) is 0 Å². The van der Waals surface area contributed by atoms with E-state index < -0.39 is 6.89 Å².